The lowest BCUT2D eigenvalue weighted by Crippen LogP contribution is -2.27. The highest BCUT2D eigenvalue weighted by molar-refractivity contribution is 7.98. The SMILES string of the molecule is COC(=O)CCCS(=O)(=O)NCCCCCSC. The van der Waals surface area contributed by atoms with E-state index in [2.05, 4.69) is 15.7 Å². The maximum absolute atomic E-state index is 11.5. The molecule has 0 fully saturated rings. The van der Waals surface area contributed by atoms with Gasteiger partial charge in [-0.3, -0.25) is 4.79 Å². The summed E-state index contributed by atoms with van der Waals surface area (Å²) in [5.74, 6) is 0.723. The standard InChI is InChI=1S/C11H23NO4S2/c1-16-11(13)7-6-10-18(14,15)12-8-4-3-5-9-17-2/h12H,3-10H2,1-2H3. The smallest absolute Gasteiger partial charge is 0.305 e. The summed E-state index contributed by atoms with van der Waals surface area (Å²) in [7, 11) is -1.95. The van der Waals surface area contributed by atoms with Crippen LogP contribution in [-0.2, 0) is 19.6 Å². The first-order valence-corrected chi connectivity index (χ1v) is 9.09. The van der Waals surface area contributed by atoms with Gasteiger partial charge in [-0.05, 0) is 31.3 Å². The van der Waals surface area contributed by atoms with E-state index in [1.807, 2.05) is 0 Å². The molecule has 0 amide bonds. The van der Waals surface area contributed by atoms with Crippen LogP contribution >= 0.6 is 11.8 Å². The van der Waals surface area contributed by atoms with Gasteiger partial charge in [0.25, 0.3) is 0 Å². The van der Waals surface area contributed by atoms with Gasteiger partial charge in [-0.15, -0.1) is 0 Å². The van der Waals surface area contributed by atoms with E-state index in [-0.39, 0.29) is 18.1 Å². The Morgan fingerprint density at radius 3 is 2.56 bits per heavy atom. The summed E-state index contributed by atoms with van der Waals surface area (Å²) in [5.41, 5.74) is 0. The molecule has 18 heavy (non-hydrogen) atoms. The zero-order chi connectivity index (χ0) is 13.9. The molecule has 0 spiro atoms. The molecule has 0 saturated carbocycles. The van der Waals surface area contributed by atoms with Crippen molar-refractivity contribution in [3.63, 3.8) is 0 Å². The van der Waals surface area contributed by atoms with E-state index in [1.54, 1.807) is 11.8 Å². The first-order chi connectivity index (χ1) is 8.52. The number of rotatable bonds is 11. The van der Waals surface area contributed by atoms with Crippen molar-refractivity contribution in [3.8, 4) is 0 Å². The molecule has 0 aromatic carbocycles. The largest absolute Gasteiger partial charge is 0.469 e. The minimum Gasteiger partial charge on any atom is -0.469 e. The second-order valence-electron chi connectivity index (χ2n) is 3.95. The second kappa shape index (κ2) is 10.6. The van der Waals surface area contributed by atoms with Gasteiger partial charge in [-0.2, -0.15) is 11.8 Å². The summed E-state index contributed by atoms with van der Waals surface area (Å²) >= 11 is 1.80. The lowest BCUT2D eigenvalue weighted by atomic mass is 10.2. The molecule has 0 bridgehead atoms. The average Bonchev–Trinajstić information content (AvgIpc) is 2.33. The van der Waals surface area contributed by atoms with Crippen LogP contribution in [0.5, 0.6) is 0 Å². The Morgan fingerprint density at radius 1 is 1.22 bits per heavy atom. The van der Waals surface area contributed by atoms with Crippen LogP contribution in [0.25, 0.3) is 0 Å². The second-order valence-corrected chi connectivity index (χ2v) is 6.86. The number of carbonyl (C=O) groups is 1. The van der Waals surface area contributed by atoms with E-state index in [4.69, 9.17) is 0 Å². The lowest BCUT2D eigenvalue weighted by molar-refractivity contribution is -0.140. The summed E-state index contributed by atoms with van der Waals surface area (Å²) < 4.78 is 30.0. The molecule has 0 saturated heterocycles. The van der Waals surface area contributed by atoms with Crippen LogP contribution < -0.4 is 4.72 Å². The Hall–Kier alpha value is -0.270. The molecule has 0 aromatic heterocycles. The summed E-state index contributed by atoms with van der Waals surface area (Å²) in [5, 5.41) is 0. The topological polar surface area (TPSA) is 72.5 Å². The quantitative estimate of drug-likeness (QED) is 0.461. The van der Waals surface area contributed by atoms with E-state index in [0.29, 0.717) is 13.0 Å². The van der Waals surface area contributed by atoms with Crippen molar-refractivity contribution in [2.24, 2.45) is 0 Å². The maximum atomic E-state index is 11.5. The van der Waals surface area contributed by atoms with Crippen molar-refractivity contribution in [2.75, 3.05) is 31.4 Å². The highest BCUT2D eigenvalue weighted by Crippen LogP contribution is 2.02. The molecule has 0 rings (SSSR count). The third kappa shape index (κ3) is 10.9. The monoisotopic (exact) mass is 297 g/mol. The average molecular weight is 297 g/mol. The fraction of sp³-hybridized carbons (Fsp3) is 0.909. The molecule has 7 heteroatoms. The van der Waals surface area contributed by atoms with Crippen LogP contribution in [0.15, 0.2) is 0 Å². The van der Waals surface area contributed by atoms with E-state index < -0.39 is 10.0 Å². The van der Waals surface area contributed by atoms with Gasteiger partial charge in [0.15, 0.2) is 0 Å². The van der Waals surface area contributed by atoms with Gasteiger partial charge in [0.2, 0.25) is 10.0 Å². The number of carbonyl (C=O) groups excluding carboxylic acids is 1. The third-order valence-corrected chi connectivity index (χ3v) is 4.54. The van der Waals surface area contributed by atoms with Gasteiger partial charge in [-0.25, -0.2) is 13.1 Å². The minimum absolute atomic E-state index is 0.0209. The third-order valence-electron chi connectivity index (χ3n) is 2.37. The van der Waals surface area contributed by atoms with Gasteiger partial charge < -0.3 is 4.74 Å². The molecule has 0 unspecified atom stereocenters. The lowest BCUT2D eigenvalue weighted by Gasteiger charge is -2.06. The Morgan fingerprint density at radius 2 is 1.94 bits per heavy atom. The molecule has 0 heterocycles. The van der Waals surface area contributed by atoms with Crippen molar-refractivity contribution < 1.29 is 17.9 Å². The van der Waals surface area contributed by atoms with Crippen molar-refractivity contribution in [1.82, 2.24) is 4.72 Å². The van der Waals surface area contributed by atoms with Gasteiger partial charge in [0, 0.05) is 13.0 Å². The van der Waals surface area contributed by atoms with Gasteiger partial charge >= 0.3 is 5.97 Å². The Bertz CT molecular complexity index is 317. The van der Waals surface area contributed by atoms with Gasteiger partial charge in [0.1, 0.15) is 0 Å². The molecule has 0 aliphatic rings. The summed E-state index contributed by atoms with van der Waals surface area (Å²) in [6.45, 7) is 0.481. The predicted octanol–water partition coefficient (Wildman–Crippen LogP) is 1.39. The number of hydrogen-bond donors (Lipinski definition) is 1. The van der Waals surface area contributed by atoms with E-state index in [0.717, 1.165) is 25.0 Å². The molecule has 0 radical (unpaired) electrons. The van der Waals surface area contributed by atoms with Crippen molar-refractivity contribution in [1.29, 1.82) is 0 Å². The number of sulfonamides is 1. The number of methoxy groups -OCH3 is 1. The van der Waals surface area contributed by atoms with E-state index >= 15 is 0 Å². The molecular formula is C11H23NO4S2. The van der Waals surface area contributed by atoms with Crippen LogP contribution in [0.3, 0.4) is 0 Å². The number of unbranched alkanes of at least 4 members (excludes halogenated alkanes) is 2. The number of ether oxygens (including phenoxy) is 1. The molecule has 1 N–H and O–H groups in total. The first kappa shape index (κ1) is 17.7. The minimum atomic E-state index is -3.24. The highest BCUT2D eigenvalue weighted by Gasteiger charge is 2.10. The molecule has 108 valence electrons. The van der Waals surface area contributed by atoms with Crippen molar-refractivity contribution >= 4 is 27.8 Å². The molecule has 0 atom stereocenters. The number of nitrogens with one attached hydrogen (secondary N) is 1. The molecule has 5 nitrogen and oxygen atoms in total. The van der Waals surface area contributed by atoms with Crippen LogP contribution in [-0.4, -0.2) is 45.8 Å². The number of hydrogen-bond acceptors (Lipinski definition) is 5. The van der Waals surface area contributed by atoms with Gasteiger partial charge in [-0.1, -0.05) is 6.42 Å². The predicted molar refractivity (Wildman–Crippen MR) is 75.3 cm³/mol. The zero-order valence-electron chi connectivity index (χ0n) is 11.1. The van der Waals surface area contributed by atoms with Crippen molar-refractivity contribution in [3.05, 3.63) is 0 Å². The van der Waals surface area contributed by atoms with Crippen LogP contribution in [0.1, 0.15) is 32.1 Å². The highest BCUT2D eigenvalue weighted by atomic mass is 32.2. The number of esters is 1. The van der Waals surface area contributed by atoms with Crippen LogP contribution in [0.2, 0.25) is 0 Å². The molecule has 0 aliphatic heterocycles. The normalized spacial score (nSPS) is 11.4. The Balaban J connectivity index is 3.58. The molecule has 0 aromatic rings. The number of thioether (sulfide) groups is 1. The fourth-order valence-corrected chi connectivity index (χ4v) is 2.97. The summed E-state index contributed by atoms with van der Waals surface area (Å²) in [6, 6.07) is 0. The van der Waals surface area contributed by atoms with Crippen LogP contribution in [0.4, 0.5) is 0 Å². The Kier molecular flexibility index (Phi) is 10.5. The maximum Gasteiger partial charge on any atom is 0.305 e. The van der Waals surface area contributed by atoms with E-state index in [9.17, 15) is 13.2 Å². The zero-order valence-corrected chi connectivity index (χ0v) is 12.7. The van der Waals surface area contributed by atoms with Crippen molar-refractivity contribution in [2.45, 2.75) is 32.1 Å². The van der Waals surface area contributed by atoms with Gasteiger partial charge in [0.05, 0.1) is 12.9 Å². The summed E-state index contributed by atoms with van der Waals surface area (Å²) in [6.07, 6.45) is 5.51. The van der Waals surface area contributed by atoms with Crippen LogP contribution in [0, 0.1) is 0 Å². The fourth-order valence-electron chi connectivity index (χ4n) is 1.36. The summed E-state index contributed by atoms with van der Waals surface area (Å²) in [4.78, 5) is 10.8. The first-order valence-electron chi connectivity index (χ1n) is 6.05. The molecular weight excluding hydrogens is 274 g/mol. The van der Waals surface area contributed by atoms with E-state index in [1.165, 1.54) is 7.11 Å². The molecule has 0 aliphatic carbocycles. The Labute approximate surface area is 114 Å².